The summed E-state index contributed by atoms with van der Waals surface area (Å²) in [7, 11) is 1.61. The summed E-state index contributed by atoms with van der Waals surface area (Å²) >= 11 is 0. The van der Waals surface area contributed by atoms with Crippen molar-refractivity contribution in [1.29, 1.82) is 0 Å². The molecule has 0 bridgehead atoms. The number of esters is 1. The van der Waals surface area contributed by atoms with E-state index in [9.17, 15) is 9.59 Å². The summed E-state index contributed by atoms with van der Waals surface area (Å²) in [4.78, 5) is 26.4. The van der Waals surface area contributed by atoms with Gasteiger partial charge in [-0.1, -0.05) is 25.0 Å². The summed E-state index contributed by atoms with van der Waals surface area (Å²) in [5, 5.41) is 2.78. The van der Waals surface area contributed by atoms with Crippen molar-refractivity contribution in [3.63, 3.8) is 0 Å². The number of amides is 1. The van der Waals surface area contributed by atoms with Gasteiger partial charge in [-0.25, -0.2) is 0 Å². The summed E-state index contributed by atoms with van der Waals surface area (Å²) in [6.45, 7) is 1.88. The Morgan fingerprint density at radius 2 is 1.60 bits per heavy atom. The van der Waals surface area contributed by atoms with Crippen LogP contribution in [0.3, 0.4) is 0 Å². The van der Waals surface area contributed by atoms with E-state index in [0.717, 1.165) is 24.4 Å². The van der Waals surface area contributed by atoms with Crippen molar-refractivity contribution >= 4 is 23.3 Å². The first-order chi connectivity index (χ1) is 14.6. The number of aryl methyl sites for hydroxylation is 1. The highest BCUT2D eigenvalue weighted by Gasteiger charge is 2.11. The van der Waals surface area contributed by atoms with Gasteiger partial charge in [0.25, 0.3) is 5.91 Å². The Hall–Kier alpha value is -3.02. The van der Waals surface area contributed by atoms with E-state index in [-0.39, 0.29) is 18.9 Å². The molecule has 1 aliphatic heterocycles. The monoisotopic (exact) mass is 410 g/mol. The molecule has 30 heavy (non-hydrogen) atoms. The number of nitrogens with zero attached hydrogens (tertiary/aromatic N) is 1. The van der Waals surface area contributed by atoms with Crippen LogP contribution in [0.2, 0.25) is 0 Å². The number of hydrogen-bond acceptors (Lipinski definition) is 5. The van der Waals surface area contributed by atoms with Gasteiger partial charge in [-0.3, -0.25) is 9.59 Å². The van der Waals surface area contributed by atoms with E-state index in [2.05, 4.69) is 10.2 Å². The van der Waals surface area contributed by atoms with Crippen molar-refractivity contribution in [2.45, 2.75) is 38.5 Å². The molecule has 6 heteroatoms. The number of rotatable bonds is 8. The highest BCUT2D eigenvalue weighted by Crippen LogP contribution is 2.21. The lowest BCUT2D eigenvalue weighted by Gasteiger charge is -2.22. The van der Waals surface area contributed by atoms with Gasteiger partial charge in [-0.2, -0.15) is 0 Å². The first kappa shape index (κ1) is 21.7. The van der Waals surface area contributed by atoms with Gasteiger partial charge in [-0.05, 0) is 61.2 Å². The van der Waals surface area contributed by atoms with Gasteiger partial charge in [0.1, 0.15) is 5.75 Å². The number of ether oxygens (including phenoxy) is 2. The summed E-state index contributed by atoms with van der Waals surface area (Å²) in [6.07, 6.45) is 5.82. The van der Waals surface area contributed by atoms with Gasteiger partial charge < -0.3 is 19.7 Å². The van der Waals surface area contributed by atoms with E-state index in [0.29, 0.717) is 12.1 Å². The van der Waals surface area contributed by atoms with Crippen LogP contribution in [0.15, 0.2) is 48.5 Å². The lowest BCUT2D eigenvalue weighted by molar-refractivity contribution is -0.147. The van der Waals surface area contributed by atoms with Gasteiger partial charge in [-0.15, -0.1) is 0 Å². The third kappa shape index (κ3) is 6.79. The van der Waals surface area contributed by atoms with E-state index >= 15 is 0 Å². The maximum absolute atomic E-state index is 12.1. The van der Waals surface area contributed by atoms with Gasteiger partial charge in [0.15, 0.2) is 6.61 Å². The zero-order valence-electron chi connectivity index (χ0n) is 17.6. The van der Waals surface area contributed by atoms with Crippen molar-refractivity contribution < 1.29 is 19.1 Å². The van der Waals surface area contributed by atoms with Crippen LogP contribution in [0, 0.1) is 0 Å². The van der Waals surface area contributed by atoms with Gasteiger partial charge in [0.2, 0.25) is 0 Å². The fourth-order valence-corrected chi connectivity index (χ4v) is 3.54. The van der Waals surface area contributed by atoms with Crippen LogP contribution in [0.25, 0.3) is 0 Å². The molecule has 2 aromatic carbocycles. The summed E-state index contributed by atoms with van der Waals surface area (Å²) in [5.74, 6) is 0.0465. The zero-order valence-corrected chi connectivity index (χ0v) is 17.6. The largest absolute Gasteiger partial charge is 0.497 e. The quantitative estimate of drug-likeness (QED) is 0.661. The molecule has 2 aromatic rings. The van der Waals surface area contributed by atoms with E-state index < -0.39 is 5.97 Å². The maximum atomic E-state index is 12.1. The van der Waals surface area contributed by atoms with E-state index in [1.165, 1.54) is 31.4 Å². The fraction of sp³-hybridized carbons (Fsp3) is 0.417. The molecule has 0 spiro atoms. The summed E-state index contributed by atoms with van der Waals surface area (Å²) in [6, 6.07) is 15.4. The molecule has 0 atom stereocenters. The Balaban J connectivity index is 1.38. The molecule has 1 amide bonds. The predicted molar refractivity (Wildman–Crippen MR) is 118 cm³/mol. The summed E-state index contributed by atoms with van der Waals surface area (Å²) < 4.78 is 10.2. The Morgan fingerprint density at radius 3 is 2.23 bits per heavy atom. The minimum Gasteiger partial charge on any atom is -0.497 e. The van der Waals surface area contributed by atoms with E-state index in [1.54, 1.807) is 7.11 Å². The van der Waals surface area contributed by atoms with Crippen LogP contribution in [-0.2, 0) is 20.7 Å². The van der Waals surface area contributed by atoms with Crippen molar-refractivity contribution in [2.75, 3.05) is 37.0 Å². The number of carbonyl (C=O) groups is 2. The standard InChI is InChI=1S/C24H30N2O4/c1-29-22-13-6-19(7-14-22)8-15-24(28)30-18-23(27)25-20-9-11-21(12-10-20)26-16-4-2-3-5-17-26/h6-7,9-14H,2-5,8,15-18H2,1H3,(H,25,27). The molecule has 0 radical (unpaired) electrons. The molecule has 0 unspecified atom stereocenters. The van der Waals surface area contributed by atoms with Crippen LogP contribution in [0.5, 0.6) is 5.75 Å². The lowest BCUT2D eigenvalue weighted by Crippen LogP contribution is -2.24. The normalized spacial score (nSPS) is 14.0. The molecule has 3 rings (SSSR count). The second-order valence-electron chi connectivity index (χ2n) is 7.51. The Kier molecular flexibility index (Phi) is 8.12. The number of nitrogens with one attached hydrogen (secondary N) is 1. The van der Waals surface area contributed by atoms with Crippen molar-refractivity contribution in [3.05, 3.63) is 54.1 Å². The zero-order chi connectivity index (χ0) is 21.2. The topological polar surface area (TPSA) is 67.9 Å². The fourth-order valence-electron chi connectivity index (χ4n) is 3.54. The second kappa shape index (κ2) is 11.2. The van der Waals surface area contributed by atoms with Crippen LogP contribution < -0.4 is 15.0 Å². The SMILES string of the molecule is COc1ccc(CCC(=O)OCC(=O)Nc2ccc(N3CCCCCC3)cc2)cc1. The molecule has 0 aliphatic carbocycles. The average molecular weight is 411 g/mol. The number of benzene rings is 2. The lowest BCUT2D eigenvalue weighted by atomic mass is 10.1. The van der Waals surface area contributed by atoms with Crippen LogP contribution in [-0.4, -0.2) is 38.7 Å². The molecular weight excluding hydrogens is 380 g/mol. The Bertz CT molecular complexity index is 810. The first-order valence-corrected chi connectivity index (χ1v) is 10.6. The molecule has 1 aliphatic rings. The van der Waals surface area contributed by atoms with Gasteiger partial charge >= 0.3 is 5.97 Å². The van der Waals surface area contributed by atoms with Crippen molar-refractivity contribution in [2.24, 2.45) is 0 Å². The molecule has 1 N–H and O–H groups in total. The smallest absolute Gasteiger partial charge is 0.306 e. The number of carbonyl (C=O) groups excluding carboxylic acids is 2. The molecule has 0 aromatic heterocycles. The van der Waals surface area contributed by atoms with Crippen molar-refractivity contribution in [3.8, 4) is 5.75 Å². The third-order valence-corrected chi connectivity index (χ3v) is 5.26. The minimum absolute atomic E-state index is 0.226. The molecule has 1 saturated heterocycles. The van der Waals surface area contributed by atoms with E-state index in [1.807, 2.05) is 48.5 Å². The average Bonchev–Trinajstić information content (AvgIpc) is 3.07. The highest BCUT2D eigenvalue weighted by atomic mass is 16.5. The minimum atomic E-state index is -0.391. The van der Waals surface area contributed by atoms with Gasteiger partial charge in [0, 0.05) is 30.9 Å². The number of anilines is 2. The first-order valence-electron chi connectivity index (χ1n) is 10.6. The van der Waals surface area contributed by atoms with Crippen molar-refractivity contribution in [1.82, 2.24) is 0 Å². The van der Waals surface area contributed by atoms with Crippen LogP contribution in [0.4, 0.5) is 11.4 Å². The predicted octanol–water partition coefficient (Wildman–Crippen LogP) is 4.19. The number of methoxy groups -OCH3 is 1. The van der Waals surface area contributed by atoms with E-state index in [4.69, 9.17) is 9.47 Å². The molecule has 1 fully saturated rings. The molecular formula is C24H30N2O4. The third-order valence-electron chi connectivity index (χ3n) is 5.26. The molecule has 1 heterocycles. The summed E-state index contributed by atoms with van der Waals surface area (Å²) in [5.41, 5.74) is 2.90. The molecule has 6 nitrogen and oxygen atoms in total. The van der Waals surface area contributed by atoms with Crippen LogP contribution >= 0.6 is 0 Å². The molecule has 160 valence electrons. The molecule has 0 saturated carbocycles. The Morgan fingerprint density at radius 1 is 0.933 bits per heavy atom. The number of hydrogen-bond donors (Lipinski definition) is 1. The van der Waals surface area contributed by atoms with Gasteiger partial charge in [0.05, 0.1) is 7.11 Å². The Labute approximate surface area is 178 Å². The maximum Gasteiger partial charge on any atom is 0.306 e. The second-order valence-corrected chi connectivity index (χ2v) is 7.51. The highest BCUT2D eigenvalue weighted by molar-refractivity contribution is 5.92. The van der Waals surface area contributed by atoms with Crippen LogP contribution in [0.1, 0.15) is 37.7 Å².